The predicted molar refractivity (Wildman–Crippen MR) is 63.6 cm³/mol. The van der Waals surface area contributed by atoms with E-state index in [1.807, 2.05) is 31.0 Å². The maximum atomic E-state index is 8.96. The number of aliphatic hydroxyl groups excluding tert-OH is 1. The largest absolute Gasteiger partial charge is 0.464 e. The zero-order valence-electron chi connectivity index (χ0n) is 9.30. The van der Waals surface area contributed by atoms with Crippen LogP contribution in [0.15, 0.2) is 22.7 Å². The lowest BCUT2D eigenvalue weighted by molar-refractivity contribution is 0.285. The van der Waals surface area contributed by atoms with Crippen molar-refractivity contribution in [1.29, 1.82) is 0 Å². The van der Waals surface area contributed by atoms with Crippen molar-refractivity contribution in [3.8, 4) is 0 Å². The summed E-state index contributed by atoms with van der Waals surface area (Å²) in [4.78, 5) is 7.11. The Bertz CT molecular complexity index is 464. The average molecular weight is 238 g/mol. The molecule has 0 saturated carbocycles. The number of anilines is 1. The molecule has 0 aliphatic rings. The summed E-state index contributed by atoms with van der Waals surface area (Å²) in [5.41, 5.74) is 0. The van der Waals surface area contributed by atoms with Crippen molar-refractivity contribution in [2.75, 3.05) is 11.9 Å². The summed E-state index contributed by atoms with van der Waals surface area (Å²) < 4.78 is 5.49. The molecule has 2 aromatic heterocycles. The second-order valence-electron chi connectivity index (χ2n) is 3.64. The second-order valence-corrected chi connectivity index (χ2v) is 4.73. The van der Waals surface area contributed by atoms with Gasteiger partial charge in [0.2, 0.25) is 0 Å². The van der Waals surface area contributed by atoms with Crippen molar-refractivity contribution >= 4 is 16.5 Å². The zero-order chi connectivity index (χ0) is 11.5. The normalized spacial score (nSPS) is 10.7. The third-order valence-corrected chi connectivity index (χ3v) is 3.31. The van der Waals surface area contributed by atoms with Gasteiger partial charge < -0.3 is 14.4 Å². The average Bonchev–Trinajstić information content (AvgIpc) is 2.87. The third kappa shape index (κ3) is 2.43. The van der Waals surface area contributed by atoms with Crippen molar-refractivity contribution in [3.63, 3.8) is 0 Å². The van der Waals surface area contributed by atoms with E-state index in [1.165, 1.54) is 11.3 Å². The summed E-state index contributed by atoms with van der Waals surface area (Å²) in [5.74, 6) is 1.83. The van der Waals surface area contributed by atoms with Crippen molar-refractivity contribution in [2.45, 2.75) is 20.1 Å². The number of hydrogen-bond acceptors (Lipinski definition) is 5. The highest BCUT2D eigenvalue weighted by molar-refractivity contribution is 7.15. The van der Waals surface area contributed by atoms with Crippen LogP contribution in [0, 0.1) is 6.92 Å². The van der Waals surface area contributed by atoms with E-state index >= 15 is 0 Å². The number of thiazole rings is 1. The number of aryl methyl sites for hydroxylation is 1. The Morgan fingerprint density at radius 1 is 1.50 bits per heavy atom. The first-order valence-electron chi connectivity index (χ1n) is 5.01. The molecule has 0 unspecified atom stereocenters. The molecule has 0 aliphatic carbocycles. The number of hydrogen-bond donors (Lipinski definition) is 1. The predicted octanol–water partition coefficient (Wildman–Crippen LogP) is 2.17. The van der Waals surface area contributed by atoms with E-state index in [-0.39, 0.29) is 6.61 Å². The van der Waals surface area contributed by atoms with E-state index in [0.29, 0.717) is 6.54 Å². The van der Waals surface area contributed by atoms with Crippen molar-refractivity contribution < 1.29 is 9.52 Å². The van der Waals surface area contributed by atoms with Crippen molar-refractivity contribution in [2.24, 2.45) is 0 Å². The summed E-state index contributed by atoms with van der Waals surface area (Å²) in [6.45, 7) is 2.66. The van der Waals surface area contributed by atoms with Gasteiger partial charge in [-0.1, -0.05) is 11.3 Å². The molecule has 16 heavy (non-hydrogen) atoms. The van der Waals surface area contributed by atoms with Crippen LogP contribution in [0.3, 0.4) is 0 Å². The van der Waals surface area contributed by atoms with Crippen LogP contribution >= 0.6 is 11.3 Å². The molecule has 86 valence electrons. The minimum Gasteiger partial charge on any atom is -0.464 e. The molecule has 0 saturated heterocycles. The van der Waals surface area contributed by atoms with E-state index in [9.17, 15) is 0 Å². The van der Waals surface area contributed by atoms with Crippen LogP contribution in [-0.4, -0.2) is 17.1 Å². The first-order valence-corrected chi connectivity index (χ1v) is 5.82. The molecule has 4 nitrogen and oxygen atoms in total. The fourth-order valence-corrected chi connectivity index (χ4v) is 2.15. The van der Waals surface area contributed by atoms with Gasteiger partial charge in [-0.25, -0.2) is 4.98 Å². The monoisotopic (exact) mass is 238 g/mol. The van der Waals surface area contributed by atoms with Gasteiger partial charge in [-0.3, -0.25) is 0 Å². The Morgan fingerprint density at radius 3 is 2.88 bits per heavy atom. The van der Waals surface area contributed by atoms with E-state index in [1.54, 1.807) is 6.20 Å². The SMILES string of the molecule is Cc1ccc(CN(C)c2ncc(CO)s2)o1. The number of rotatable bonds is 4. The van der Waals surface area contributed by atoms with Crippen LogP contribution in [0.1, 0.15) is 16.4 Å². The molecule has 0 atom stereocenters. The lowest BCUT2D eigenvalue weighted by atomic mass is 10.4. The minimum absolute atomic E-state index is 0.0470. The van der Waals surface area contributed by atoms with E-state index in [2.05, 4.69) is 4.98 Å². The Morgan fingerprint density at radius 2 is 2.31 bits per heavy atom. The number of aromatic nitrogens is 1. The Labute approximate surface area is 98.2 Å². The third-order valence-electron chi connectivity index (χ3n) is 2.21. The van der Waals surface area contributed by atoms with Crippen molar-refractivity contribution in [1.82, 2.24) is 4.98 Å². The summed E-state index contributed by atoms with van der Waals surface area (Å²) in [6, 6.07) is 3.91. The fraction of sp³-hybridized carbons (Fsp3) is 0.364. The molecule has 1 N–H and O–H groups in total. The van der Waals surface area contributed by atoms with E-state index in [4.69, 9.17) is 9.52 Å². The van der Waals surface area contributed by atoms with Gasteiger partial charge in [0.15, 0.2) is 5.13 Å². The van der Waals surface area contributed by atoms with Gasteiger partial charge in [0.25, 0.3) is 0 Å². The topological polar surface area (TPSA) is 49.5 Å². The highest BCUT2D eigenvalue weighted by atomic mass is 32.1. The summed E-state index contributed by atoms with van der Waals surface area (Å²) in [5, 5.41) is 9.85. The fourth-order valence-electron chi connectivity index (χ4n) is 1.42. The standard InChI is InChI=1S/C11H14N2O2S/c1-8-3-4-9(15-8)6-13(2)11-12-5-10(7-14)16-11/h3-5,14H,6-7H2,1-2H3. The summed E-state index contributed by atoms with van der Waals surface area (Å²) in [6.07, 6.45) is 1.70. The maximum Gasteiger partial charge on any atom is 0.185 e. The quantitative estimate of drug-likeness (QED) is 0.887. The van der Waals surface area contributed by atoms with Gasteiger partial charge in [0.1, 0.15) is 11.5 Å². The van der Waals surface area contributed by atoms with Gasteiger partial charge in [-0.05, 0) is 19.1 Å². The maximum absolute atomic E-state index is 8.96. The molecule has 0 radical (unpaired) electrons. The highest BCUT2D eigenvalue weighted by Gasteiger charge is 2.09. The highest BCUT2D eigenvalue weighted by Crippen LogP contribution is 2.23. The molecule has 0 spiro atoms. The van der Waals surface area contributed by atoms with Gasteiger partial charge >= 0.3 is 0 Å². The Kier molecular flexibility index (Phi) is 3.26. The van der Waals surface area contributed by atoms with Crippen LogP contribution in [-0.2, 0) is 13.2 Å². The molecule has 2 heterocycles. The minimum atomic E-state index is 0.0470. The molecular formula is C11H14N2O2S. The molecule has 0 amide bonds. The van der Waals surface area contributed by atoms with Gasteiger partial charge in [-0.2, -0.15) is 0 Å². The molecule has 0 fully saturated rings. The molecule has 5 heteroatoms. The van der Waals surface area contributed by atoms with Gasteiger partial charge in [0.05, 0.1) is 18.0 Å². The van der Waals surface area contributed by atoms with Crippen LogP contribution in [0.5, 0.6) is 0 Å². The summed E-state index contributed by atoms with van der Waals surface area (Å²) in [7, 11) is 1.96. The van der Waals surface area contributed by atoms with Gasteiger partial charge in [0, 0.05) is 13.2 Å². The number of aliphatic hydroxyl groups is 1. The molecule has 0 bridgehead atoms. The lowest BCUT2D eigenvalue weighted by Crippen LogP contribution is -2.15. The van der Waals surface area contributed by atoms with E-state index < -0.39 is 0 Å². The molecule has 2 aromatic rings. The van der Waals surface area contributed by atoms with E-state index in [0.717, 1.165) is 21.5 Å². The second kappa shape index (κ2) is 4.67. The van der Waals surface area contributed by atoms with Crippen LogP contribution < -0.4 is 4.90 Å². The molecule has 0 aliphatic heterocycles. The van der Waals surface area contributed by atoms with Crippen LogP contribution in [0.25, 0.3) is 0 Å². The Balaban J connectivity index is 2.05. The summed E-state index contributed by atoms with van der Waals surface area (Å²) >= 11 is 1.49. The smallest absolute Gasteiger partial charge is 0.185 e. The number of nitrogens with zero attached hydrogens (tertiary/aromatic N) is 2. The Hall–Kier alpha value is -1.33. The van der Waals surface area contributed by atoms with Crippen LogP contribution in [0.4, 0.5) is 5.13 Å². The first kappa shape index (κ1) is 11.2. The van der Waals surface area contributed by atoms with Gasteiger partial charge in [-0.15, -0.1) is 0 Å². The molecular weight excluding hydrogens is 224 g/mol. The lowest BCUT2D eigenvalue weighted by Gasteiger charge is -2.13. The van der Waals surface area contributed by atoms with Crippen molar-refractivity contribution in [3.05, 3.63) is 34.7 Å². The van der Waals surface area contributed by atoms with Crippen LogP contribution in [0.2, 0.25) is 0 Å². The number of furan rings is 1. The zero-order valence-corrected chi connectivity index (χ0v) is 10.1. The first-order chi connectivity index (χ1) is 7.69. The molecule has 0 aromatic carbocycles. The molecule has 2 rings (SSSR count).